The summed E-state index contributed by atoms with van der Waals surface area (Å²) in [6.45, 7) is 5.33. The number of amides is 1. The highest BCUT2D eigenvalue weighted by molar-refractivity contribution is 7.89. The van der Waals surface area contributed by atoms with Crippen LogP contribution < -0.4 is 5.32 Å². The number of likely N-dealkylation sites (tertiary alicyclic amines) is 1. The Hall–Kier alpha value is -2.30. The lowest BCUT2D eigenvalue weighted by Crippen LogP contribution is -2.44. The first kappa shape index (κ1) is 21.9. The number of sulfonamides is 1. The van der Waals surface area contributed by atoms with Gasteiger partial charge in [0.1, 0.15) is 10.6 Å². The van der Waals surface area contributed by atoms with Gasteiger partial charge in [-0.3, -0.25) is 14.7 Å². The van der Waals surface area contributed by atoms with Gasteiger partial charge < -0.3 is 9.84 Å². The Labute approximate surface area is 182 Å². The Morgan fingerprint density at radius 3 is 2.65 bits per heavy atom. The van der Waals surface area contributed by atoms with Crippen LogP contribution in [0.15, 0.2) is 33.8 Å². The number of aryl methyl sites for hydroxylation is 2. The Bertz CT molecular complexity index is 1030. The van der Waals surface area contributed by atoms with E-state index in [1.807, 2.05) is 25.2 Å². The summed E-state index contributed by atoms with van der Waals surface area (Å²) in [4.78, 5) is 19.3. The van der Waals surface area contributed by atoms with E-state index < -0.39 is 10.0 Å². The highest BCUT2D eigenvalue weighted by atomic mass is 32.2. The molecule has 2 saturated heterocycles. The number of pyridine rings is 1. The summed E-state index contributed by atoms with van der Waals surface area (Å²) in [6, 6.07) is 5.41. The fourth-order valence-corrected chi connectivity index (χ4v) is 6.63. The summed E-state index contributed by atoms with van der Waals surface area (Å²) in [5.74, 6) is 0.318. The molecule has 2 fully saturated rings. The van der Waals surface area contributed by atoms with Crippen molar-refractivity contribution in [3.8, 4) is 0 Å². The molecule has 0 radical (unpaired) electrons. The fraction of sp³-hybridized carbons (Fsp3) is 0.571. The predicted octanol–water partition coefficient (Wildman–Crippen LogP) is 1.48. The first-order valence-electron chi connectivity index (χ1n) is 10.5. The molecule has 1 N–H and O–H groups in total. The number of hydrogen-bond acceptors (Lipinski definition) is 7. The number of piperidine rings is 1. The maximum absolute atomic E-state index is 13.1. The summed E-state index contributed by atoms with van der Waals surface area (Å²) in [6.07, 6.45) is 3.90. The van der Waals surface area contributed by atoms with Crippen molar-refractivity contribution in [1.82, 2.24) is 24.7 Å². The van der Waals surface area contributed by atoms with Crippen LogP contribution in [0.5, 0.6) is 0 Å². The van der Waals surface area contributed by atoms with Crippen molar-refractivity contribution in [3.63, 3.8) is 0 Å². The average Bonchev–Trinajstić information content (AvgIpc) is 3.26. The molecule has 0 aliphatic carbocycles. The fourth-order valence-electron chi connectivity index (χ4n) is 4.90. The van der Waals surface area contributed by atoms with Gasteiger partial charge in [0.05, 0.1) is 18.3 Å². The van der Waals surface area contributed by atoms with Crippen molar-refractivity contribution in [1.29, 1.82) is 0 Å². The minimum Gasteiger partial charge on any atom is -0.360 e. The molecule has 2 aliphatic heterocycles. The summed E-state index contributed by atoms with van der Waals surface area (Å²) in [7, 11) is -1.67. The first-order valence-corrected chi connectivity index (χ1v) is 12.0. The number of carbonyl (C=O) groups is 1. The predicted molar refractivity (Wildman–Crippen MR) is 114 cm³/mol. The van der Waals surface area contributed by atoms with Gasteiger partial charge in [-0.25, -0.2) is 8.42 Å². The van der Waals surface area contributed by atoms with Gasteiger partial charge in [-0.15, -0.1) is 0 Å². The van der Waals surface area contributed by atoms with Gasteiger partial charge in [0.25, 0.3) is 0 Å². The molecule has 9 nitrogen and oxygen atoms in total. The summed E-state index contributed by atoms with van der Waals surface area (Å²) >= 11 is 0. The van der Waals surface area contributed by atoms with Crippen molar-refractivity contribution < 1.29 is 17.7 Å². The molecule has 4 rings (SSSR count). The second-order valence-corrected chi connectivity index (χ2v) is 10.6. The number of nitrogens with zero attached hydrogens (tertiary/aromatic N) is 4. The van der Waals surface area contributed by atoms with Crippen molar-refractivity contribution in [2.75, 3.05) is 26.7 Å². The molecule has 2 aromatic rings. The van der Waals surface area contributed by atoms with E-state index in [0.717, 1.165) is 31.5 Å². The molecule has 0 saturated carbocycles. The zero-order chi connectivity index (χ0) is 22.2. The smallest absolute Gasteiger partial charge is 0.248 e. The standard InChI is InChI=1S/C21H29N5O4S/c1-15-19(16(2)30-24-15)31(28,29)26-10-7-21(8-11-26)12-18(25(3)14-21)20(27)23-13-17-6-4-5-9-22-17/h4-6,9,18H,7-8,10-14H2,1-3H3,(H,23,27). The Morgan fingerprint density at radius 1 is 1.29 bits per heavy atom. The molecule has 10 heteroatoms. The van der Waals surface area contributed by atoms with Crippen molar-refractivity contribution in [2.45, 2.75) is 50.6 Å². The van der Waals surface area contributed by atoms with Gasteiger partial charge in [-0.05, 0) is 57.7 Å². The van der Waals surface area contributed by atoms with Crippen LogP contribution in [0.1, 0.15) is 36.4 Å². The second kappa shape index (κ2) is 8.33. The van der Waals surface area contributed by atoms with Crippen molar-refractivity contribution >= 4 is 15.9 Å². The molecule has 1 unspecified atom stereocenters. The Morgan fingerprint density at radius 2 is 2.03 bits per heavy atom. The molecule has 168 valence electrons. The van der Waals surface area contributed by atoms with Crippen LogP contribution >= 0.6 is 0 Å². The molecular formula is C21H29N5O4S. The lowest BCUT2D eigenvalue weighted by Gasteiger charge is -2.38. The maximum Gasteiger partial charge on any atom is 0.248 e. The molecule has 2 aromatic heterocycles. The molecule has 31 heavy (non-hydrogen) atoms. The van der Waals surface area contributed by atoms with E-state index in [4.69, 9.17) is 4.52 Å². The minimum absolute atomic E-state index is 0.00389. The summed E-state index contributed by atoms with van der Waals surface area (Å²) in [5, 5.41) is 6.78. The number of aromatic nitrogens is 2. The normalized spacial score (nSPS) is 22.1. The SMILES string of the molecule is Cc1noc(C)c1S(=O)(=O)N1CCC2(CC1)CC(C(=O)NCc1ccccn1)N(C)C2. The molecule has 1 spiro atoms. The van der Waals surface area contributed by atoms with E-state index in [1.54, 1.807) is 20.0 Å². The number of likely N-dealkylation sites (N-methyl/N-ethyl adjacent to an activating group) is 1. The van der Waals surface area contributed by atoms with Gasteiger partial charge in [-0.2, -0.15) is 4.31 Å². The Balaban J connectivity index is 1.38. The van der Waals surface area contributed by atoms with Crippen LogP contribution in [0.3, 0.4) is 0 Å². The van der Waals surface area contributed by atoms with Crippen LogP contribution in [-0.4, -0.2) is 66.4 Å². The molecule has 0 aromatic carbocycles. The number of carbonyl (C=O) groups excluding carboxylic acids is 1. The zero-order valence-corrected chi connectivity index (χ0v) is 19.0. The quantitative estimate of drug-likeness (QED) is 0.739. The molecule has 1 atom stereocenters. The van der Waals surface area contributed by atoms with E-state index in [2.05, 4.69) is 20.4 Å². The Kier molecular flexibility index (Phi) is 5.89. The third-order valence-corrected chi connectivity index (χ3v) is 8.71. The van der Waals surface area contributed by atoms with E-state index in [-0.39, 0.29) is 22.3 Å². The van der Waals surface area contributed by atoms with Crippen LogP contribution in [0.25, 0.3) is 0 Å². The maximum atomic E-state index is 13.1. The van der Waals surface area contributed by atoms with E-state index >= 15 is 0 Å². The van der Waals surface area contributed by atoms with E-state index in [1.165, 1.54) is 4.31 Å². The van der Waals surface area contributed by atoms with Crippen molar-refractivity contribution in [2.24, 2.45) is 5.41 Å². The van der Waals surface area contributed by atoms with E-state index in [9.17, 15) is 13.2 Å². The van der Waals surface area contributed by atoms with Crippen LogP contribution in [0.2, 0.25) is 0 Å². The largest absolute Gasteiger partial charge is 0.360 e. The third-order valence-electron chi connectivity index (χ3n) is 6.56. The second-order valence-electron chi connectivity index (χ2n) is 8.73. The topological polar surface area (TPSA) is 109 Å². The summed E-state index contributed by atoms with van der Waals surface area (Å²) < 4.78 is 32.8. The van der Waals surface area contributed by atoms with Crippen molar-refractivity contribution in [3.05, 3.63) is 41.5 Å². The third kappa shape index (κ3) is 4.24. The lowest BCUT2D eigenvalue weighted by molar-refractivity contribution is -0.125. The number of rotatable bonds is 5. The highest BCUT2D eigenvalue weighted by Crippen LogP contribution is 2.44. The van der Waals surface area contributed by atoms with Crippen LogP contribution in [0, 0.1) is 19.3 Å². The minimum atomic E-state index is -3.63. The lowest BCUT2D eigenvalue weighted by atomic mass is 9.77. The van der Waals surface area contributed by atoms with Gasteiger partial charge in [0, 0.05) is 25.8 Å². The van der Waals surface area contributed by atoms with Gasteiger partial charge >= 0.3 is 0 Å². The van der Waals surface area contributed by atoms with Gasteiger partial charge in [0.15, 0.2) is 5.76 Å². The molecule has 0 bridgehead atoms. The summed E-state index contributed by atoms with van der Waals surface area (Å²) in [5.41, 5.74) is 1.17. The van der Waals surface area contributed by atoms with Crippen LogP contribution in [0.4, 0.5) is 0 Å². The number of hydrogen-bond donors (Lipinski definition) is 1. The van der Waals surface area contributed by atoms with E-state index in [0.29, 0.717) is 31.1 Å². The zero-order valence-electron chi connectivity index (χ0n) is 18.2. The monoisotopic (exact) mass is 447 g/mol. The average molecular weight is 448 g/mol. The van der Waals surface area contributed by atoms with Gasteiger partial charge in [-0.1, -0.05) is 11.2 Å². The van der Waals surface area contributed by atoms with Gasteiger partial charge in [0.2, 0.25) is 15.9 Å². The first-order chi connectivity index (χ1) is 14.7. The molecule has 1 amide bonds. The highest BCUT2D eigenvalue weighted by Gasteiger charge is 2.48. The molecule has 2 aliphatic rings. The molecule has 4 heterocycles. The molecular weight excluding hydrogens is 418 g/mol. The number of nitrogens with one attached hydrogen (secondary N) is 1. The van der Waals surface area contributed by atoms with Crippen LogP contribution in [-0.2, 0) is 21.4 Å².